The van der Waals surface area contributed by atoms with Gasteiger partial charge in [-0.05, 0) is 64.0 Å². The van der Waals surface area contributed by atoms with Crippen molar-refractivity contribution in [3.63, 3.8) is 0 Å². The first-order valence-electron chi connectivity index (χ1n) is 22.6. The van der Waals surface area contributed by atoms with E-state index < -0.39 is 48.3 Å². The van der Waals surface area contributed by atoms with Gasteiger partial charge in [-0.2, -0.15) is 0 Å². The lowest BCUT2D eigenvalue weighted by molar-refractivity contribution is -0.197. The van der Waals surface area contributed by atoms with Crippen molar-refractivity contribution in [1.29, 1.82) is 0 Å². The third-order valence-corrected chi connectivity index (χ3v) is 8.13. The molecule has 0 saturated carbocycles. The van der Waals surface area contributed by atoms with Crippen molar-refractivity contribution in [2.45, 2.75) is 111 Å². The topological polar surface area (TPSA) is 276 Å². The van der Waals surface area contributed by atoms with Gasteiger partial charge in [0.1, 0.15) is 19.3 Å². The molecule has 4 rings (SSSR count). The first-order valence-corrected chi connectivity index (χ1v) is 22.6. The largest absolute Gasteiger partial charge is 0.466 e. The van der Waals surface area contributed by atoms with Crippen LogP contribution >= 0.6 is 0 Å². The number of ketones is 1. The summed E-state index contributed by atoms with van der Waals surface area (Å²) in [6.07, 6.45) is 1.06. The number of esters is 5. The van der Waals surface area contributed by atoms with Gasteiger partial charge in [-0.15, -0.1) is 0 Å². The van der Waals surface area contributed by atoms with Crippen LogP contribution in [0.4, 0.5) is 0 Å². The first kappa shape index (κ1) is 65.2. The van der Waals surface area contributed by atoms with Crippen molar-refractivity contribution in [2.75, 3.05) is 86.4 Å². The van der Waals surface area contributed by atoms with Gasteiger partial charge >= 0.3 is 29.8 Å². The first-order chi connectivity index (χ1) is 32.8. The second kappa shape index (κ2) is 45.9. The van der Waals surface area contributed by atoms with Crippen LogP contribution in [-0.4, -0.2) is 167 Å². The number of hydrogen-bond acceptors (Lipinski definition) is 20. The van der Waals surface area contributed by atoms with Gasteiger partial charge in [0.15, 0.2) is 18.0 Å². The maximum Gasteiger partial charge on any atom is 0.350 e. The second-order valence-corrected chi connectivity index (χ2v) is 14.0. The molecular weight excluding hydrogens is 897 g/mol. The smallest absolute Gasteiger partial charge is 0.350 e. The normalized spacial score (nSPS) is 15.7. The highest BCUT2D eigenvalue weighted by molar-refractivity contribution is 5.87. The highest BCUT2D eigenvalue weighted by Crippen LogP contribution is 2.12. The Morgan fingerprint density at radius 1 is 0.721 bits per heavy atom. The van der Waals surface area contributed by atoms with Crippen LogP contribution in [0.15, 0.2) is 60.7 Å². The van der Waals surface area contributed by atoms with Crippen LogP contribution in [0.2, 0.25) is 0 Å². The number of cyclic esters (lactones) is 3. The van der Waals surface area contributed by atoms with Crippen molar-refractivity contribution in [1.82, 2.24) is 0 Å². The van der Waals surface area contributed by atoms with Crippen LogP contribution in [0, 0.1) is 0 Å². The van der Waals surface area contributed by atoms with Gasteiger partial charge in [0.05, 0.1) is 52.9 Å². The molecule has 4 N–H and O–H groups in total. The minimum absolute atomic E-state index is 0.00614. The lowest BCUT2D eigenvalue weighted by Gasteiger charge is -2.25. The molecular formula is C48H76O20. The van der Waals surface area contributed by atoms with Gasteiger partial charge in [-0.25, -0.2) is 19.2 Å². The van der Waals surface area contributed by atoms with Crippen LogP contribution < -0.4 is 0 Å². The fraction of sp³-hybridized carbons (Fsp3) is 0.625. The maximum absolute atomic E-state index is 11.4. The van der Waals surface area contributed by atoms with E-state index in [0.29, 0.717) is 65.5 Å². The fourth-order valence-electron chi connectivity index (χ4n) is 4.66. The van der Waals surface area contributed by atoms with Gasteiger partial charge in [0, 0.05) is 40.0 Å². The quantitative estimate of drug-likeness (QED) is 0.0668. The van der Waals surface area contributed by atoms with Crippen molar-refractivity contribution in [2.24, 2.45) is 0 Å². The van der Waals surface area contributed by atoms with E-state index >= 15 is 0 Å². The Morgan fingerprint density at radius 2 is 1.29 bits per heavy atom. The van der Waals surface area contributed by atoms with Gasteiger partial charge in [-0.1, -0.05) is 74.5 Å². The Kier molecular flexibility index (Phi) is 44.0. The molecule has 20 heteroatoms. The average molecular weight is 973 g/mol. The molecule has 2 aliphatic rings. The molecule has 0 aromatic heterocycles. The molecule has 388 valence electrons. The lowest BCUT2D eigenvalue weighted by atomic mass is 10.2. The molecule has 2 aromatic rings. The molecule has 68 heavy (non-hydrogen) atoms. The zero-order chi connectivity index (χ0) is 51.2. The number of ether oxygens (including phenoxy) is 10. The monoisotopic (exact) mass is 972 g/mol. The van der Waals surface area contributed by atoms with E-state index in [2.05, 4.69) is 4.74 Å². The Morgan fingerprint density at radius 3 is 1.82 bits per heavy atom. The molecule has 0 bridgehead atoms. The number of aliphatic hydroxyl groups is 4. The molecule has 2 saturated heterocycles. The van der Waals surface area contributed by atoms with Crippen LogP contribution in [0.1, 0.15) is 84.3 Å². The molecule has 0 amide bonds. The summed E-state index contributed by atoms with van der Waals surface area (Å²) in [6.45, 7) is 11.7. The summed E-state index contributed by atoms with van der Waals surface area (Å²) in [5, 5.41) is 33.8. The predicted octanol–water partition coefficient (Wildman–Crippen LogP) is 3.23. The summed E-state index contributed by atoms with van der Waals surface area (Å²) >= 11 is 0. The van der Waals surface area contributed by atoms with E-state index in [0.717, 1.165) is 30.4 Å². The summed E-state index contributed by atoms with van der Waals surface area (Å²) in [4.78, 5) is 66.3. The van der Waals surface area contributed by atoms with Gasteiger partial charge in [0.2, 0.25) is 6.10 Å². The molecule has 2 fully saturated rings. The van der Waals surface area contributed by atoms with Crippen molar-refractivity contribution < 1.29 is 96.6 Å². The minimum atomic E-state index is -1.25. The molecule has 0 spiro atoms. The third-order valence-electron chi connectivity index (χ3n) is 8.13. The molecule has 4 unspecified atom stereocenters. The molecule has 2 aliphatic heterocycles. The van der Waals surface area contributed by atoms with Crippen LogP contribution in [-0.2, 0) is 89.3 Å². The van der Waals surface area contributed by atoms with Crippen LogP contribution in [0.5, 0.6) is 0 Å². The van der Waals surface area contributed by atoms with Crippen LogP contribution in [0.25, 0.3) is 0 Å². The predicted molar refractivity (Wildman–Crippen MR) is 246 cm³/mol. The van der Waals surface area contributed by atoms with E-state index in [1.807, 2.05) is 74.5 Å². The Balaban J connectivity index is 0. The van der Waals surface area contributed by atoms with E-state index in [9.17, 15) is 28.8 Å². The summed E-state index contributed by atoms with van der Waals surface area (Å²) < 4.78 is 49.1. The Labute approximate surface area is 400 Å². The molecule has 2 aromatic carbocycles. The zero-order valence-electron chi connectivity index (χ0n) is 40.5. The molecule has 0 aliphatic carbocycles. The molecule has 20 nitrogen and oxygen atoms in total. The highest BCUT2D eigenvalue weighted by atomic mass is 16.7. The number of rotatable bonds is 24. The molecule has 4 atom stereocenters. The summed E-state index contributed by atoms with van der Waals surface area (Å²) in [7, 11) is 1.43. The van der Waals surface area contributed by atoms with Crippen LogP contribution in [0.3, 0.4) is 0 Å². The molecule has 2 heterocycles. The van der Waals surface area contributed by atoms with E-state index in [1.165, 1.54) is 27.9 Å². The van der Waals surface area contributed by atoms with E-state index in [-0.39, 0.29) is 58.0 Å². The molecule has 0 radical (unpaired) electrons. The number of benzene rings is 2. The Bertz CT molecular complexity index is 1540. The fourth-order valence-corrected chi connectivity index (χ4v) is 4.66. The van der Waals surface area contributed by atoms with Gasteiger partial charge in [-0.3, -0.25) is 9.59 Å². The standard InChI is InChI=1S/C14H18O5.C13H14O5.C8H16O5.C6H10O2.C5H12O3.C2H6/c1-10(15)13(19-14(17)11(2)16)9-18-8-12-6-4-3-5-7-12;1-9-12(14)18-11(13(15)17-9)8-16-7-10-5-3-2-4-6-10;1-11-7-8(10)13-6-5-12-4-2-3-9;7-6-4-2-1-3-5-8-6;6-2-1-4-8-5-3-7;1-2/h3-7,11,13,16H,8-9H2,1-2H3;2-6,9,11H,7-8H2,1H3;9H,2-7H2,1H3;1-5H2;6-7H,1-5H2;1-2H3. The summed E-state index contributed by atoms with van der Waals surface area (Å²) in [6, 6.07) is 19.0. The number of carbonyl (C=O) groups excluding carboxylic acids is 6. The van der Waals surface area contributed by atoms with E-state index in [4.69, 9.17) is 63.1 Å². The SMILES string of the molecule is CC.CC(=O)C(COCc1ccccc1)OC(=O)C(C)O.CC1OC(=O)C(COCc2ccccc2)OC1=O.COCC(=O)OCCOCCCO.O=C1CCCCCO1.OCCCOCCO. The van der Waals surface area contributed by atoms with Gasteiger partial charge in [0.25, 0.3) is 0 Å². The highest BCUT2D eigenvalue weighted by Gasteiger charge is 2.35. The average Bonchev–Trinajstić information content (AvgIpc) is 3.59. The Hall–Kier alpha value is -4.90. The number of Topliss-reactive ketones (excluding diaryl/α,β-unsaturated/α-hetero) is 1. The number of hydrogen-bond donors (Lipinski definition) is 4. The zero-order valence-corrected chi connectivity index (χ0v) is 40.5. The number of aliphatic hydroxyl groups excluding tert-OH is 4. The number of methoxy groups -OCH3 is 1. The minimum Gasteiger partial charge on any atom is -0.466 e. The third kappa shape index (κ3) is 38.1. The summed E-state index contributed by atoms with van der Waals surface area (Å²) in [5.41, 5.74) is 1.95. The van der Waals surface area contributed by atoms with Gasteiger partial charge < -0.3 is 67.8 Å². The van der Waals surface area contributed by atoms with Crippen molar-refractivity contribution in [3.05, 3.63) is 71.8 Å². The maximum atomic E-state index is 11.4. The van der Waals surface area contributed by atoms with E-state index in [1.54, 1.807) is 0 Å². The number of carbonyl (C=O) groups is 6. The second-order valence-electron chi connectivity index (χ2n) is 14.0. The summed E-state index contributed by atoms with van der Waals surface area (Å²) in [5.74, 6) is -2.67. The van der Waals surface area contributed by atoms with Crippen molar-refractivity contribution >= 4 is 35.6 Å². The van der Waals surface area contributed by atoms with Crippen molar-refractivity contribution in [3.8, 4) is 0 Å². The lowest BCUT2D eigenvalue weighted by Crippen LogP contribution is -2.44.